The second-order valence-corrected chi connectivity index (χ2v) is 9.24. The molecular formula is C13H27NO2S2. The Morgan fingerprint density at radius 3 is 2.67 bits per heavy atom. The molecule has 0 aliphatic carbocycles. The fourth-order valence-electron chi connectivity index (χ4n) is 2.17. The molecule has 1 aliphatic rings. The predicted octanol–water partition coefficient (Wildman–Crippen LogP) is 2.92. The third-order valence-electron chi connectivity index (χ3n) is 3.35. The minimum absolute atomic E-state index is 0.156. The molecule has 0 saturated carbocycles. The SMILES string of the molecule is CCCCS1(OC(=O)[C@@H](N)CCSC)CCCC1. The zero-order valence-corrected chi connectivity index (χ0v) is 13.3. The molecule has 0 spiro atoms. The molecule has 5 heteroatoms. The van der Waals surface area contributed by atoms with Crippen LogP contribution in [0.1, 0.15) is 39.0 Å². The maximum Gasteiger partial charge on any atom is 0.333 e. The molecule has 1 rings (SSSR count). The fraction of sp³-hybridized carbons (Fsp3) is 0.923. The number of carbonyl (C=O) groups excluding carboxylic acids is 1. The van der Waals surface area contributed by atoms with Crippen LogP contribution in [0.15, 0.2) is 0 Å². The Morgan fingerprint density at radius 1 is 1.44 bits per heavy atom. The van der Waals surface area contributed by atoms with Crippen molar-refractivity contribution < 1.29 is 8.98 Å². The molecule has 3 nitrogen and oxygen atoms in total. The van der Waals surface area contributed by atoms with Gasteiger partial charge >= 0.3 is 5.97 Å². The third kappa shape index (κ3) is 5.02. The lowest BCUT2D eigenvalue weighted by molar-refractivity contribution is -0.134. The quantitative estimate of drug-likeness (QED) is 0.747. The van der Waals surface area contributed by atoms with Crippen LogP contribution in [-0.2, 0) is 8.98 Å². The Morgan fingerprint density at radius 2 is 2.11 bits per heavy atom. The van der Waals surface area contributed by atoms with E-state index >= 15 is 0 Å². The van der Waals surface area contributed by atoms with Crippen LogP contribution in [0.3, 0.4) is 0 Å². The van der Waals surface area contributed by atoms with Crippen molar-refractivity contribution in [3.05, 3.63) is 0 Å². The molecule has 0 amide bonds. The molecule has 18 heavy (non-hydrogen) atoms. The van der Waals surface area contributed by atoms with Crippen molar-refractivity contribution in [3.63, 3.8) is 0 Å². The van der Waals surface area contributed by atoms with Crippen LogP contribution in [0.5, 0.6) is 0 Å². The summed E-state index contributed by atoms with van der Waals surface area (Å²) in [7, 11) is -1.13. The van der Waals surface area contributed by atoms with E-state index in [2.05, 4.69) is 6.92 Å². The molecular weight excluding hydrogens is 266 g/mol. The fourth-order valence-corrected chi connectivity index (χ4v) is 6.27. The Balaban J connectivity index is 2.47. The van der Waals surface area contributed by atoms with Crippen LogP contribution in [0.4, 0.5) is 0 Å². The normalized spacial score (nSPS) is 21.5. The smallest absolute Gasteiger partial charge is 0.333 e. The van der Waals surface area contributed by atoms with Gasteiger partial charge in [0.25, 0.3) is 0 Å². The van der Waals surface area contributed by atoms with Gasteiger partial charge in [0.2, 0.25) is 0 Å². The van der Waals surface area contributed by atoms with Crippen molar-refractivity contribution in [1.82, 2.24) is 0 Å². The van der Waals surface area contributed by atoms with Gasteiger partial charge in [-0.2, -0.15) is 11.8 Å². The third-order valence-corrected chi connectivity index (χ3v) is 7.61. The van der Waals surface area contributed by atoms with Gasteiger partial charge in [-0.25, -0.2) is 4.79 Å². The lowest BCUT2D eigenvalue weighted by Gasteiger charge is -2.35. The van der Waals surface area contributed by atoms with Crippen LogP contribution in [0, 0.1) is 0 Å². The van der Waals surface area contributed by atoms with Crippen molar-refractivity contribution in [2.75, 3.05) is 29.3 Å². The van der Waals surface area contributed by atoms with Crippen LogP contribution >= 0.6 is 22.1 Å². The average molecular weight is 293 g/mol. The van der Waals surface area contributed by atoms with E-state index in [0.29, 0.717) is 0 Å². The Bertz CT molecular complexity index is 255. The molecule has 0 aromatic heterocycles. The molecule has 0 radical (unpaired) electrons. The van der Waals surface area contributed by atoms with Crippen LogP contribution < -0.4 is 5.73 Å². The monoisotopic (exact) mass is 293 g/mol. The summed E-state index contributed by atoms with van der Waals surface area (Å²) in [4.78, 5) is 12.0. The Labute approximate surface area is 117 Å². The second-order valence-electron chi connectivity index (χ2n) is 4.93. The summed E-state index contributed by atoms with van der Waals surface area (Å²) in [5.74, 6) is 4.07. The maximum atomic E-state index is 12.0. The molecule has 108 valence electrons. The second kappa shape index (κ2) is 8.33. The van der Waals surface area contributed by atoms with Crippen molar-refractivity contribution in [1.29, 1.82) is 0 Å². The highest BCUT2D eigenvalue weighted by molar-refractivity contribution is 8.30. The summed E-state index contributed by atoms with van der Waals surface area (Å²) in [6, 6.07) is -0.427. The number of nitrogens with two attached hydrogens (primary N) is 1. The first-order chi connectivity index (χ1) is 8.63. The van der Waals surface area contributed by atoms with E-state index < -0.39 is 16.4 Å². The summed E-state index contributed by atoms with van der Waals surface area (Å²) in [5.41, 5.74) is 5.89. The van der Waals surface area contributed by atoms with Crippen LogP contribution in [0.2, 0.25) is 0 Å². The van der Waals surface area contributed by atoms with E-state index in [1.807, 2.05) is 6.26 Å². The van der Waals surface area contributed by atoms with Gasteiger partial charge in [-0.05, 0) is 37.7 Å². The average Bonchev–Trinajstić information content (AvgIpc) is 2.82. The number of carbonyl (C=O) groups is 1. The van der Waals surface area contributed by atoms with Gasteiger partial charge in [0.15, 0.2) is 0 Å². The van der Waals surface area contributed by atoms with Gasteiger partial charge in [-0.1, -0.05) is 23.7 Å². The van der Waals surface area contributed by atoms with E-state index in [-0.39, 0.29) is 5.97 Å². The molecule has 1 atom stereocenters. The number of hydrogen-bond donors (Lipinski definition) is 1. The van der Waals surface area contributed by atoms with E-state index in [9.17, 15) is 4.79 Å². The summed E-state index contributed by atoms with van der Waals surface area (Å²) in [6.07, 6.45) is 7.53. The molecule has 0 bridgehead atoms. The summed E-state index contributed by atoms with van der Waals surface area (Å²) < 4.78 is 5.87. The molecule has 2 N–H and O–H groups in total. The zero-order chi connectivity index (χ0) is 13.4. The number of hydrogen-bond acceptors (Lipinski definition) is 4. The van der Waals surface area contributed by atoms with Gasteiger partial charge in [0, 0.05) is 17.3 Å². The Hall–Kier alpha value is 0.130. The minimum atomic E-state index is -1.13. The lowest BCUT2D eigenvalue weighted by atomic mass is 10.2. The van der Waals surface area contributed by atoms with Gasteiger partial charge in [-0.15, -0.1) is 0 Å². The highest BCUT2D eigenvalue weighted by atomic mass is 32.3. The number of rotatable bonds is 8. The molecule has 0 aromatic rings. The summed E-state index contributed by atoms with van der Waals surface area (Å²) in [5, 5.41) is 0. The molecule has 1 fully saturated rings. The van der Waals surface area contributed by atoms with Crippen molar-refractivity contribution in [3.8, 4) is 0 Å². The van der Waals surface area contributed by atoms with E-state index in [0.717, 1.165) is 29.4 Å². The first kappa shape index (κ1) is 16.2. The van der Waals surface area contributed by atoms with E-state index in [4.69, 9.17) is 9.92 Å². The van der Waals surface area contributed by atoms with Crippen molar-refractivity contribution in [2.45, 2.75) is 45.1 Å². The topological polar surface area (TPSA) is 52.3 Å². The molecule has 1 aliphatic heterocycles. The lowest BCUT2D eigenvalue weighted by Crippen LogP contribution is -2.34. The largest absolute Gasteiger partial charge is 0.414 e. The maximum absolute atomic E-state index is 12.0. The van der Waals surface area contributed by atoms with Crippen LogP contribution in [0.25, 0.3) is 0 Å². The Kier molecular flexibility index (Phi) is 7.49. The summed E-state index contributed by atoms with van der Waals surface area (Å²) in [6.45, 7) is 2.19. The van der Waals surface area contributed by atoms with E-state index in [1.54, 1.807) is 11.8 Å². The minimum Gasteiger partial charge on any atom is -0.414 e. The summed E-state index contributed by atoms with van der Waals surface area (Å²) >= 11 is 1.72. The zero-order valence-electron chi connectivity index (χ0n) is 11.7. The number of thioether (sulfide) groups is 1. The molecule has 1 heterocycles. The standard InChI is InChI=1S/C13H27NO2S2/c1-3-4-9-18(10-5-6-11-18)16-13(15)12(14)7-8-17-2/h12H,3-11,14H2,1-2H3/t12-/m0/s1. The molecule has 0 aromatic carbocycles. The molecule has 1 saturated heterocycles. The first-order valence-corrected chi connectivity index (χ1v) is 10.3. The van der Waals surface area contributed by atoms with Crippen molar-refractivity contribution in [2.24, 2.45) is 5.73 Å². The predicted molar refractivity (Wildman–Crippen MR) is 83.4 cm³/mol. The van der Waals surface area contributed by atoms with Gasteiger partial charge in [0.05, 0.1) is 0 Å². The highest BCUT2D eigenvalue weighted by Gasteiger charge is 2.33. The first-order valence-electron chi connectivity index (χ1n) is 6.88. The molecule has 0 unspecified atom stereocenters. The van der Waals surface area contributed by atoms with Gasteiger partial charge in [0.1, 0.15) is 6.04 Å². The van der Waals surface area contributed by atoms with E-state index in [1.165, 1.54) is 25.7 Å². The van der Waals surface area contributed by atoms with Crippen molar-refractivity contribution >= 4 is 28.0 Å². The number of unbranched alkanes of at least 4 members (excludes halogenated alkanes) is 1. The van der Waals surface area contributed by atoms with Gasteiger partial charge in [-0.3, -0.25) is 0 Å². The van der Waals surface area contributed by atoms with Gasteiger partial charge < -0.3 is 9.92 Å². The van der Waals surface area contributed by atoms with Crippen LogP contribution in [-0.4, -0.2) is 41.3 Å². The highest BCUT2D eigenvalue weighted by Crippen LogP contribution is 2.55.